The molecule has 2 heterocycles. The van der Waals surface area contributed by atoms with Gasteiger partial charge in [-0.3, -0.25) is 10.2 Å². The molecule has 5 rings (SSSR count). The van der Waals surface area contributed by atoms with Crippen molar-refractivity contribution in [3.8, 4) is 0 Å². The van der Waals surface area contributed by atoms with Crippen LogP contribution in [-0.4, -0.2) is 59.4 Å². The third-order valence-corrected chi connectivity index (χ3v) is 7.98. The molecule has 1 aromatic rings. The van der Waals surface area contributed by atoms with Crippen LogP contribution in [0.15, 0.2) is 0 Å². The molecule has 3 saturated carbocycles. The second-order valence-corrected chi connectivity index (χ2v) is 9.69. The van der Waals surface area contributed by atoms with Gasteiger partial charge >= 0.3 is 6.03 Å². The van der Waals surface area contributed by atoms with Gasteiger partial charge in [0.2, 0.25) is 10.3 Å². The van der Waals surface area contributed by atoms with Gasteiger partial charge in [-0.25, -0.2) is 4.79 Å². The number of anilines is 2. The Morgan fingerprint density at radius 3 is 2.52 bits per heavy atom. The maximum absolute atomic E-state index is 12.1. The van der Waals surface area contributed by atoms with Crippen molar-refractivity contribution in [1.29, 1.82) is 0 Å². The van der Waals surface area contributed by atoms with Gasteiger partial charge in [0, 0.05) is 38.3 Å². The summed E-state index contributed by atoms with van der Waals surface area (Å²) in [5.74, 6) is 1.96. The summed E-state index contributed by atoms with van der Waals surface area (Å²) in [6.07, 6.45) is 10.4. The summed E-state index contributed by atoms with van der Waals surface area (Å²) in [5.41, 5.74) is 0. The molecule has 2 N–H and O–H groups in total. The van der Waals surface area contributed by atoms with E-state index < -0.39 is 0 Å². The molecule has 0 spiro atoms. The van der Waals surface area contributed by atoms with Crippen molar-refractivity contribution >= 4 is 27.6 Å². The zero-order chi connectivity index (χ0) is 18.2. The van der Waals surface area contributed by atoms with E-state index in [0.717, 1.165) is 62.0 Å². The molecule has 0 aromatic carbocycles. The molecule has 3 atom stereocenters. The van der Waals surface area contributed by atoms with E-state index in [2.05, 4.69) is 30.6 Å². The van der Waals surface area contributed by atoms with Crippen molar-refractivity contribution in [2.45, 2.75) is 63.5 Å². The molecule has 27 heavy (non-hydrogen) atoms. The van der Waals surface area contributed by atoms with E-state index in [9.17, 15) is 4.79 Å². The standard InChI is InChI=1S/C19H30N6OS/c26-17(20-15-3-1-2-4-15)21-18-22-23-19(27-18)25-9-7-24(8-10-25)16-12-13-5-6-14(16)11-13/h13-16H,1-12H2,(H2,20,21,22,26)/t13?,14-,16?/m0/s1. The summed E-state index contributed by atoms with van der Waals surface area (Å²) in [5, 5.41) is 15.9. The lowest BCUT2D eigenvalue weighted by Gasteiger charge is -2.40. The van der Waals surface area contributed by atoms with Crippen LogP contribution in [0.2, 0.25) is 0 Å². The van der Waals surface area contributed by atoms with Gasteiger partial charge in [0.15, 0.2) is 0 Å². The lowest BCUT2D eigenvalue weighted by molar-refractivity contribution is 0.135. The number of aromatic nitrogens is 2. The second-order valence-electron chi connectivity index (χ2n) is 8.73. The van der Waals surface area contributed by atoms with Crippen molar-refractivity contribution in [3.63, 3.8) is 0 Å². The van der Waals surface area contributed by atoms with Crippen LogP contribution in [0.25, 0.3) is 0 Å². The van der Waals surface area contributed by atoms with Gasteiger partial charge in [0.05, 0.1) is 0 Å². The Labute approximate surface area is 164 Å². The highest BCUT2D eigenvalue weighted by atomic mass is 32.1. The number of rotatable bonds is 4. The molecule has 148 valence electrons. The first-order valence-corrected chi connectivity index (χ1v) is 11.5. The van der Waals surface area contributed by atoms with Crippen LogP contribution in [-0.2, 0) is 0 Å². The smallest absolute Gasteiger partial charge is 0.321 e. The van der Waals surface area contributed by atoms with Crippen molar-refractivity contribution in [2.75, 3.05) is 36.4 Å². The minimum absolute atomic E-state index is 0.147. The van der Waals surface area contributed by atoms with Gasteiger partial charge < -0.3 is 10.2 Å². The topological polar surface area (TPSA) is 73.4 Å². The van der Waals surface area contributed by atoms with E-state index in [1.54, 1.807) is 0 Å². The van der Waals surface area contributed by atoms with Crippen molar-refractivity contribution in [1.82, 2.24) is 20.4 Å². The fraction of sp³-hybridized carbons (Fsp3) is 0.842. The number of nitrogens with one attached hydrogen (secondary N) is 2. The first-order valence-electron chi connectivity index (χ1n) is 10.6. The van der Waals surface area contributed by atoms with Crippen LogP contribution < -0.4 is 15.5 Å². The summed E-state index contributed by atoms with van der Waals surface area (Å²) in [6.45, 7) is 4.27. The van der Waals surface area contributed by atoms with E-state index in [4.69, 9.17) is 0 Å². The Kier molecular flexibility index (Phi) is 4.94. The van der Waals surface area contributed by atoms with Crippen LogP contribution in [0.4, 0.5) is 15.1 Å². The number of urea groups is 1. The third-order valence-electron chi connectivity index (χ3n) is 7.08. The molecule has 4 fully saturated rings. The Balaban J connectivity index is 1.11. The summed E-state index contributed by atoms with van der Waals surface area (Å²) < 4.78 is 0. The maximum atomic E-state index is 12.1. The van der Waals surface area contributed by atoms with E-state index in [1.165, 1.54) is 49.9 Å². The number of carbonyl (C=O) groups is 1. The average Bonchev–Trinajstić information content (AvgIpc) is 3.47. The maximum Gasteiger partial charge on any atom is 0.321 e. The minimum atomic E-state index is -0.147. The molecular weight excluding hydrogens is 360 g/mol. The number of amides is 2. The normalized spacial score (nSPS) is 31.6. The van der Waals surface area contributed by atoms with Gasteiger partial charge in [0.1, 0.15) is 0 Å². The zero-order valence-electron chi connectivity index (χ0n) is 15.9. The van der Waals surface area contributed by atoms with Crippen LogP contribution in [0.5, 0.6) is 0 Å². The van der Waals surface area contributed by atoms with Crippen LogP contribution in [0.1, 0.15) is 51.4 Å². The van der Waals surface area contributed by atoms with Crippen molar-refractivity contribution in [2.24, 2.45) is 11.8 Å². The van der Waals surface area contributed by atoms with E-state index in [0.29, 0.717) is 11.2 Å². The fourth-order valence-electron chi connectivity index (χ4n) is 5.69. The molecule has 4 aliphatic rings. The quantitative estimate of drug-likeness (QED) is 0.827. The largest absolute Gasteiger partial charge is 0.344 e. The molecule has 1 aliphatic heterocycles. The minimum Gasteiger partial charge on any atom is -0.344 e. The van der Waals surface area contributed by atoms with Gasteiger partial charge in [-0.15, -0.1) is 10.2 Å². The molecule has 1 aromatic heterocycles. The molecule has 2 bridgehead atoms. The fourth-order valence-corrected chi connectivity index (χ4v) is 6.48. The van der Waals surface area contributed by atoms with Crippen molar-refractivity contribution < 1.29 is 4.79 Å². The molecule has 8 heteroatoms. The number of nitrogens with zero attached hydrogens (tertiary/aromatic N) is 4. The Morgan fingerprint density at radius 2 is 1.81 bits per heavy atom. The highest BCUT2D eigenvalue weighted by Crippen LogP contribution is 2.46. The monoisotopic (exact) mass is 390 g/mol. The number of hydrogen-bond donors (Lipinski definition) is 2. The number of piperazine rings is 1. The molecular formula is C19H30N6OS. The summed E-state index contributed by atoms with van der Waals surface area (Å²) in [6, 6.07) is 0.999. The van der Waals surface area contributed by atoms with Crippen LogP contribution in [0.3, 0.4) is 0 Å². The predicted molar refractivity (Wildman–Crippen MR) is 107 cm³/mol. The lowest BCUT2D eigenvalue weighted by Crippen LogP contribution is -2.51. The SMILES string of the molecule is O=C(Nc1nnc(N2CCN(C3CC4CC[C@H]3C4)CC2)s1)NC1CCCC1. The summed E-state index contributed by atoms with van der Waals surface area (Å²) in [7, 11) is 0. The molecule has 0 radical (unpaired) electrons. The second kappa shape index (κ2) is 7.54. The van der Waals surface area contributed by atoms with Gasteiger partial charge in [-0.2, -0.15) is 0 Å². The molecule has 7 nitrogen and oxygen atoms in total. The van der Waals surface area contributed by atoms with Crippen molar-refractivity contribution in [3.05, 3.63) is 0 Å². The predicted octanol–water partition coefficient (Wildman–Crippen LogP) is 2.91. The molecule has 3 aliphatic carbocycles. The third kappa shape index (κ3) is 3.78. The van der Waals surface area contributed by atoms with E-state index in [-0.39, 0.29) is 6.03 Å². The number of fused-ring (bicyclic) bond motifs is 2. The molecule has 1 saturated heterocycles. The van der Waals surface area contributed by atoms with E-state index in [1.807, 2.05) is 0 Å². The molecule has 2 amide bonds. The molecule has 2 unspecified atom stereocenters. The number of hydrogen-bond acceptors (Lipinski definition) is 6. The first-order chi connectivity index (χ1) is 13.2. The highest BCUT2D eigenvalue weighted by molar-refractivity contribution is 7.19. The Bertz CT molecular complexity index is 667. The highest BCUT2D eigenvalue weighted by Gasteiger charge is 2.42. The average molecular weight is 391 g/mol. The van der Waals surface area contributed by atoms with Crippen LogP contribution >= 0.6 is 11.3 Å². The van der Waals surface area contributed by atoms with Gasteiger partial charge in [-0.1, -0.05) is 30.6 Å². The number of carbonyl (C=O) groups excluding carboxylic acids is 1. The van der Waals surface area contributed by atoms with E-state index >= 15 is 0 Å². The van der Waals surface area contributed by atoms with Crippen LogP contribution in [0, 0.1) is 11.8 Å². The summed E-state index contributed by atoms with van der Waals surface area (Å²) >= 11 is 1.48. The summed E-state index contributed by atoms with van der Waals surface area (Å²) in [4.78, 5) is 17.1. The zero-order valence-corrected chi connectivity index (χ0v) is 16.7. The lowest BCUT2D eigenvalue weighted by atomic mass is 9.93. The van der Waals surface area contributed by atoms with Gasteiger partial charge in [-0.05, 0) is 43.9 Å². The Morgan fingerprint density at radius 1 is 1.00 bits per heavy atom. The first kappa shape index (κ1) is 17.7. The van der Waals surface area contributed by atoms with Gasteiger partial charge in [0.25, 0.3) is 0 Å². The Hall–Kier alpha value is -1.41.